The van der Waals surface area contributed by atoms with Crippen LogP contribution in [0.15, 0.2) is 18.2 Å². The number of unbranched alkanes of at least 4 members (excludes halogenated alkanes) is 2. The summed E-state index contributed by atoms with van der Waals surface area (Å²) in [4.78, 5) is 2.64. The molecule has 0 fully saturated rings. The first-order valence-electron chi connectivity index (χ1n) is 11.0. The molecule has 26 heavy (non-hydrogen) atoms. The summed E-state index contributed by atoms with van der Waals surface area (Å²) in [6.07, 6.45) is 10.4. The molecule has 1 aromatic rings. The van der Waals surface area contributed by atoms with Gasteiger partial charge in [-0.05, 0) is 49.3 Å². The van der Waals surface area contributed by atoms with E-state index in [9.17, 15) is 0 Å². The van der Waals surface area contributed by atoms with Crippen molar-refractivity contribution in [1.82, 2.24) is 0 Å². The number of benzene rings is 1. The second kappa shape index (κ2) is 13.1. The summed E-state index contributed by atoms with van der Waals surface area (Å²) in [6.45, 7) is 13.8. The highest BCUT2D eigenvalue weighted by molar-refractivity contribution is 5.60. The van der Waals surface area contributed by atoms with Crippen molar-refractivity contribution in [2.75, 3.05) is 25.1 Å². The third-order valence-electron chi connectivity index (χ3n) is 5.72. The number of hydrogen-bond donors (Lipinski definition) is 0. The minimum absolute atomic E-state index is 0.767. The smallest absolute Gasteiger partial charge is 0.142 e. The topological polar surface area (TPSA) is 12.5 Å². The summed E-state index contributed by atoms with van der Waals surface area (Å²) in [5.74, 6) is 2.55. The molecule has 150 valence electrons. The molecule has 2 unspecified atom stereocenters. The van der Waals surface area contributed by atoms with Crippen LogP contribution in [0.25, 0.3) is 0 Å². The Balaban J connectivity index is 3.05. The lowest BCUT2D eigenvalue weighted by atomic mass is 9.95. The fourth-order valence-electron chi connectivity index (χ4n) is 3.78. The van der Waals surface area contributed by atoms with Crippen LogP contribution in [-0.2, 0) is 0 Å². The fraction of sp³-hybridized carbons (Fsp3) is 0.750. The van der Waals surface area contributed by atoms with Gasteiger partial charge in [0.1, 0.15) is 5.75 Å². The summed E-state index contributed by atoms with van der Waals surface area (Å²) in [5, 5.41) is 0. The van der Waals surface area contributed by atoms with Crippen molar-refractivity contribution in [3.63, 3.8) is 0 Å². The summed E-state index contributed by atoms with van der Waals surface area (Å²) < 4.78 is 5.73. The van der Waals surface area contributed by atoms with Crippen LogP contribution >= 0.6 is 0 Å². The Bertz CT molecular complexity index is 467. The first-order chi connectivity index (χ1) is 12.6. The molecule has 2 atom stereocenters. The SMILES string of the molecule is CCCCC(CC)CN(CC(CC)CCCC)c1cc(C)ccc1OC. The van der Waals surface area contributed by atoms with Crippen LogP contribution in [0.2, 0.25) is 0 Å². The number of methoxy groups -OCH3 is 1. The molecule has 0 aliphatic rings. The van der Waals surface area contributed by atoms with E-state index in [1.807, 2.05) is 0 Å². The zero-order chi connectivity index (χ0) is 19.4. The normalized spacial score (nSPS) is 13.5. The molecular weight excluding hydrogens is 318 g/mol. The molecule has 0 saturated heterocycles. The van der Waals surface area contributed by atoms with Gasteiger partial charge in [-0.3, -0.25) is 0 Å². The molecule has 0 saturated carbocycles. The maximum absolute atomic E-state index is 5.73. The van der Waals surface area contributed by atoms with Gasteiger partial charge < -0.3 is 9.64 Å². The van der Waals surface area contributed by atoms with Crippen LogP contribution < -0.4 is 9.64 Å². The molecule has 2 heteroatoms. The fourth-order valence-corrected chi connectivity index (χ4v) is 3.78. The largest absolute Gasteiger partial charge is 0.495 e. The molecule has 0 bridgehead atoms. The Morgan fingerprint density at radius 3 is 1.85 bits per heavy atom. The van der Waals surface area contributed by atoms with Gasteiger partial charge in [0, 0.05) is 13.1 Å². The van der Waals surface area contributed by atoms with Crippen molar-refractivity contribution in [3.05, 3.63) is 23.8 Å². The van der Waals surface area contributed by atoms with Gasteiger partial charge in [-0.25, -0.2) is 0 Å². The van der Waals surface area contributed by atoms with Gasteiger partial charge in [0.05, 0.1) is 12.8 Å². The van der Waals surface area contributed by atoms with Crippen LogP contribution in [0, 0.1) is 18.8 Å². The highest BCUT2D eigenvalue weighted by Gasteiger charge is 2.20. The summed E-state index contributed by atoms with van der Waals surface area (Å²) in [5.41, 5.74) is 2.60. The van der Waals surface area contributed by atoms with Crippen LogP contribution in [0.4, 0.5) is 5.69 Å². The van der Waals surface area contributed by atoms with E-state index in [1.165, 1.54) is 62.6 Å². The number of ether oxygens (including phenoxy) is 1. The van der Waals surface area contributed by atoms with E-state index < -0.39 is 0 Å². The minimum atomic E-state index is 0.767. The van der Waals surface area contributed by atoms with Gasteiger partial charge in [-0.15, -0.1) is 0 Å². The molecule has 0 amide bonds. The van der Waals surface area contributed by atoms with Gasteiger partial charge in [0.2, 0.25) is 0 Å². The van der Waals surface area contributed by atoms with Crippen molar-refractivity contribution < 1.29 is 4.74 Å². The van der Waals surface area contributed by atoms with E-state index in [1.54, 1.807) is 7.11 Å². The van der Waals surface area contributed by atoms with Gasteiger partial charge in [0.25, 0.3) is 0 Å². The molecule has 1 aromatic carbocycles. The maximum Gasteiger partial charge on any atom is 0.142 e. The molecular formula is C24H43NO. The third kappa shape index (κ3) is 7.60. The molecule has 0 N–H and O–H groups in total. The van der Waals surface area contributed by atoms with E-state index in [0.717, 1.165) is 30.7 Å². The molecule has 0 aliphatic heterocycles. The van der Waals surface area contributed by atoms with E-state index >= 15 is 0 Å². The average molecular weight is 362 g/mol. The minimum Gasteiger partial charge on any atom is -0.495 e. The number of hydrogen-bond acceptors (Lipinski definition) is 2. The predicted octanol–water partition coefficient (Wildman–Crippen LogP) is 7.24. The molecule has 1 rings (SSSR count). The Labute approximate surface area is 163 Å². The molecule has 0 aliphatic carbocycles. The van der Waals surface area contributed by atoms with Gasteiger partial charge in [-0.2, -0.15) is 0 Å². The molecule has 0 radical (unpaired) electrons. The lowest BCUT2D eigenvalue weighted by Gasteiger charge is -2.33. The number of anilines is 1. The highest BCUT2D eigenvalue weighted by Crippen LogP contribution is 2.32. The van der Waals surface area contributed by atoms with Crippen molar-refractivity contribution in [2.24, 2.45) is 11.8 Å². The Hall–Kier alpha value is -1.18. The second-order valence-electron chi connectivity index (χ2n) is 7.91. The van der Waals surface area contributed by atoms with Gasteiger partial charge in [-0.1, -0.05) is 72.3 Å². The predicted molar refractivity (Wildman–Crippen MR) is 117 cm³/mol. The highest BCUT2D eigenvalue weighted by atomic mass is 16.5. The van der Waals surface area contributed by atoms with Crippen LogP contribution in [-0.4, -0.2) is 20.2 Å². The zero-order valence-electron chi connectivity index (χ0n) is 18.3. The Kier molecular flexibility index (Phi) is 11.5. The molecule has 0 aromatic heterocycles. The van der Waals surface area contributed by atoms with Gasteiger partial charge >= 0.3 is 0 Å². The van der Waals surface area contributed by atoms with Crippen LogP contribution in [0.1, 0.15) is 84.6 Å². The lowest BCUT2D eigenvalue weighted by molar-refractivity contribution is 0.390. The van der Waals surface area contributed by atoms with E-state index in [4.69, 9.17) is 4.74 Å². The zero-order valence-corrected chi connectivity index (χ0v) is 18.3. The quantitative estimate of drug-likeness (QED) is 0.346. The summed E-state index contributed by atoms with van der Waals surface area (Å²) in [6, 6.07) is 6.61. The molecule has 0 spiro atoms. The van der Waals surface area contributed by atoms with Crippen molar-refractivity contribution in [3.8, 4) is 5.75 Å². The monoisotopic (exact) mass is 361 g/mol. The molecule has 2 nitrogen and oxygen atoms in total. The van der Waals surface area contributed by atoms with Crippen LogP contribution in [0.3, 0.4) is 0 Å². The second-order valence-corrected chi connectivity index (χ2v) is 7.91. The van der Waals surface area contributed by atoms with E-state index in [0.29, 0.717) is 0 Å². The van der Waals surface area contributed by atoms with E-state index in [-0.39, 0.29) is 0 Å². The van der Waals surface area contributed by atoms with Crippen molar-refractivity contribution >= 4 is 5.69 Å². The average Bonchev–Trinajstić information content (AvgIpc) is 2.66. The third-order valence-corrected chi connectivity index (χ3v) is 5.72. The Morgan fingerprint density at radius 2 is 1.42 bits per heavy atom. The Morgan fingerprint density at radius 1 is 0.885 bits per heavy atom. The number of aryl methyl sites for hydroxylation is 1. The number of nitrogens with zero attached hydrogens (tertiary/aromatic N) is 1. The maximum atomic E-state index is 5.73. The van der Waals surface area contributed by atoms with Crippen LogP contribution in [0.5, 0.6) is 5.75 Å². The first kappa shape index (κ1) is 22.9. The summed E-state index contributed by atoms with van der Waals surface area (Å²) >= 11 is 0. The first-order valence-corrected chi connectivity index (χ1v) is 11.0. The van der Waals surface area contributed by atoms with Gasteiger partial charge in [0.15, 0.2) is 0 Å². The van der Waals surface area contributed by atoms with E-state index in [2.05, 4.69) is 57.7 Å². The lowest BCUT2D eigenvalue weighted by Crippen LogP contribution is -2.34. The van der Waals surface area contributed by atoms with Crippen molar-refractivity contribution in [2.45, 2.75) is 86.0 Å². The number of rotatable bonds is 14. The molecule has 0 heterocycles. The summed E-state index contributed by atoms with van der Waals surface area (Å²) in [7, 11) is 1.80. The standard InChI is InChI=1S/C24H43NO/c1-7-11-13-21(9-3)18-25(19-22(10-4)14-12-8-2)23-17-20(5)15-16-24(23)26-6/h15-17,21-22H,7-14,18-19H2,1-6H3. The van der Waals surface area contributed by atoms with Crippen molar-refractivity contribution in [1.29, 1.82) is 0 Å².